The SMILES string of the molecule is CC.CC(=O)C(N)Cc1cccc(O)c1.CC(C)C. The monoisotopic (exact) mass is 267 g/mol. The zero-order valence-electron chi connectivity index (χ0n) is 13.1. The highest BCUT2D eigenvalue weighted by Gasteiger charge is 2.08. The third-order valence-electron chi connectivity index (χ3n) is 1.89. The predicted octanol–water partition coefficient (Wildman–Crippen LogP) is 3.54. The number of Topliss-reactive ketones (excluding diaryl/α,β-unsaturated/α-hetero) is 1. The van der Waals surface area contributed by atoms with Gasteiger partial charge in [-0.25, -0.2) is 0 Å². The summed E-state index contributed by atoms with van der Waals surface area (Å²) in [6.07, 6.45) is 0.476. The van der Waals surface area contributed by atoms with E-state index in [9.17, 15) is 4.79 Å². The van der Waals surface area contributed by atoms with Crippen LogP contribution in [0, 0.1) is 5.92 Å². The maximum Gasteiger partial charge on any atom is 0.146 e. The number of aromatic hydroxyl groups is 1. The van der Waals surface area contributed by atoms with Crippen LogP contribution in [0.5, 0.6) is 5.75 Å². The molecule has 0 saturated carbocycles. The van der Waals surface area contributed by atoms with Crippen molar-refractivity contribution in [2.75, 3.05) is 0 Å². The molecule has 19 heavy (non-hydrogen) atoms. The number of phenols is 1. The quantitative estimate of drug-likeness (QED) is 0.880. The Balaban J connectivity index is 0. The smallest absolute Gasteiger partial charge is 0.146 e. The summed E-state index contributed by atoms with van der Waals surface area (Å²) in [5.41, 5.74) is 6.44. The van der Waals surface area contributed by atoms with Crippen LogP contribution in [0.1, 0.15) is 47.1 Å². The van der Waals surface area contributed by atoms with Crippen LogP contribution in [-0.4, -0.2) is 16.9 Å². The van der Waals surface area contributed by atoms with Gasteiger partial charge in [0, 0.05) is 0 Å². The van der Waals surface area contributed by atoms with Crippen LogP contribution in [-0.2, 0) is 11.2 Å². The Hall–Kier alpha value is -1.35. The van der Waals surface area contributed by atoms with Crippen molar-refractivity contribution in [2.45, 2.75) is 54.0 Å². The van der Waals surface area contributed by atoms with Crippen LogP contribution >= 0.6 is 0 Å². The molecule has 1 atom stereocenters. The Bertz CT molecular complexity index is 346. The van der Waals surface area contributed by atoms with E-state index in [4.69, 9.17) is 10.8 Å². The van der Waals surface area contributed by atoms with E-state index in [2.05, 4.69) is 20.8 Å². The van der Waals surface area contributed by atoms with Gasteiger partial charge in [0.1, 0.15) is 11.5 Å². The molecule has 0 amide bonds. The van der Waals surface area contributed by atoms with Crippen LogP contribution in [0.2, 0.25) is 0 Å². The molecule has 3 heteroatoms. The van der Waals surface area contributed by atoms with E-state index in [0.717, 1.165) is 11.5 Å². The first-order chi connectivity index (χ1) is 8.82. The second kappa shape index (κ2) is 11.7. The highest BCUT2D eigenvalue weighted by Crippen LogP contribution is 2.12. The molecule has 0 aromatic heterocycles. The lowest BCUT2D eigenvalue weighted by Gasteiger charge is -2.07. The van der Waals surface area contributed by atoms with Crippen molar-refractivity contribution in [3.8, 4) is 5.75 Å². The van der Waals surface area contributed by atoms with Crippen molar-refractivity contribution >= 4 is 5.78 Å². The summed E-state index contributed by atoms with van der Waals surface area (Å²) in [4.78, 5) is 10.8. The zero-order chi connectivity index (χ0) is 15.4. The topological polar surface area (TPSA) is 63.3 Å². The van der Waals surface area contributed by atoms with E-state index >= 15 is 0 Å². The molecule has 1 unspecified atom stereocenters. The van der Waals surface area contributed by atoms with Crippen LogP contribution in [0.3, 0.4) is 0 Å². The van der Waals surface area contributed by atoms with Gasteiger partial charge in [-0.2, -0.15) is 0 Å². The first-order valence-corrected chi connectivity index (χ1v) is 6.86. The average Bonchev–Trinajstić information content (AvgIpc) is 2.30. The van der Waals surface area contributed by atoms with Crippen molar-refractivity contribution < 1.29 is 9.90 Å². The molecule has 110 valence electrons. The number of carbonyl (C=O) groups excluding carboxylic acids is 1. The molecule has 0 heterocycles. The molecule has 0 spiro atoms. The molecular formula is C16H29NO2. The number of hydrogen-bond acceptors (Lipinski definition) is 3. The number of phenolic OH excluding ortho intramolecular Hbond substituents is 1. The van der Waals surface area contributed by atoms with Crippen molar-refractivity contribution in [1.29, 1.82) is 0 Å². The van der Waals surface area contributed by atoms with Gasteiger partial charge in [0.15, 0.2) is 0 Å². The molecule has 1 aromatic rings. The van der Waals surface area contributed by atoms with Crippen LogP contribution in [0.4, 0.5) is 0 Å². The summed E-state index contributed by atoms with van der Waals surface area (Å²) in [6.45, 7) is 12.0. The van der Waals surface area contributed by atoms with E-state index in [0.29, 0.717) is 6.42 Å². The Morgan fingerprint density at radius 2 is 1.74 bits per heavy atom. The third kappa shape index (κ3) is 12.9. The summed E-state index contributed by atoms with van der Waals surface area (Å²) < 4.78 is 0. The number of hydrogen-bond donors (Lipinski definition) is 2. The minimum absolute atomic E-state index is 0.0386. The molecule has 0 bridgehead atoms. The average molecular weight is 267 g/mol. The standard InChI is InChI=1S/C10H13NO2.C4H10.C2H6/c1-7(12)10(11)6-8-3-2-4-9(13)5-8;1-4(2)3;1-2/h2-5,10,13H,6,11H2,1H3;4H,1-3H3;1-2H3. The molecule has 0 saturated heterocycles. The Labute approximate surface area is 117 Å². The zero-order valence-corrected chi connectivity index (χ0v) is 13.1. The summed E-state index contributed by atoms with van der Waals surface area (Å²) in [7, 11) is 0. The minimum Gasteiger partial charge on any atom is -0.508 e. The van der Waals surface area contributed by atoms with Crippen LogP contribution in [0.25, 0.3) is 0 Å². The fraction of sp³-hybridized carbons (Fsp3) is 0.562. The van der Waals surface area contributed by atoms with Gasteiger partial charge in [-0.15, -0.1) is 0 Å². The number of carbonyl (C=O) groups is 1. The van der Waals surface area contributed by atoms with E-state index < -0.39 is 6.04 Å². The first-order valence-electron chi connectivity index (χ1n) is 6.86. The predicted molar refractivity (Wildman–Crippen MR) is 82.3 cm³/mol. The highest BCUT2D eigenvalue weighted by molar-refractivity contribution is 5.81. The van der Waals surface area contributed by atoms with Crippen molar-refractivity contribution in [1.82, 2.24) is 0 Å². The van der Waals surface area contributed by atoms with Gasteiger partial charge < -0.3 is 10.8 Å². The van der Waals surface area contributed by atoms with Gasteiger partial charge in [0.2, 0.25) is 0 Å². The van der Waals surface area contributed by atoms with Crippen molar-refractivity contribution in [3.05, 3.63) is 29.8 Å². The van der Waals surface area contributed by atoms with E-state index in [-0.39, 0.29) is 11.5 Å². The number of ketones is 1. The van der Waals surface area contributed by atoms with Gasteiger partial charge in [-0.1, -0.05) is 46.8 Å². The fourth-order valence-electron chi connectivity index (χ4n) is 1.08. The second-order valence-corrected chi connectivity index (χ2v) is 4.82. The van der Waals surface area contributed by atoms with Gasteiger partial charge in [0.25, 0.3) is 0 Å². The van der Waals surface area contributed by atoms with Crippen LogP contribution in [0.15, 0.2) is 24.3 Å². The number of benzene rings is 1. The fourth-order valence-corrected chi connectivity index (χ4v) is 1.08. The molecule has 0 radical (unpaired) electrons. The van der Waals surface area contributed by atoms with E-state index in [1.807, 2.05) is 19.9 Å². The molecule has 0 aliphatic rings. The van der Waals surface area contributed by atoms with Gasteiger partial charge in [-0.3, -0.25) is 4.79 Å². The van der Waals surface area contributed by atoms with Crippen molar-refractivity contribution in [3.63, 3.8) is 0 Å². The normalized spacial score (nSPS) is 10.7. The summed E-state index contributed by atoms with van der Waals surface area (Å²) in [5, 5.41) is 9.14. The lowest BCUT2D eigenvalue weighted by molar-refractivity contribution is -0.118. The molecule has 1 aromatic carbocycles. The lowest BCUT2D eigenvalue weighted by Crippen LogP contribution is -2.30. The Morgan fingerprint density at radius 3 is 2.11 bits per heavy atom. The largest absolute Gasteiger partial charge is 0.508 e. The maximum atomic E-state index is 10.8. The summed E-state index contributed by atoms with van der Waals surface area (Å²) in [6, 6.07) is 6.30. The molecule has 3 N–H and O–H groups in total. The van der Waals surface area contributed by atoms with E-state index in [1.54, 1.807) is 18.2 Å². The number of rotatable bonds is 3. The Kier molecular flexibility index (Phi) is 12.3. The summed E-state index contributed by atoms with van der Waals surface area (Å²) in [5.74, 6) is 0.997. The minimum atomic E-state index is -0.471. The van der Waals surface area contributed by atoms with Gasteiger partial charge in [0.05, 0.1) is 6.04 Å². The summed E-state index contributed by atoms with van der Waals surface area (Å²) >= 11 is 0. The number of nitrogens with two attached hydrogens (primary N) is 1. The van der Waals surface area contributed by atoms with E-state index in [1.165, 1.54) is 6.92 Å². The molecule has 0 aliphatic carbocycles. The molecule has 0 fully saturated rings. The highest BCUT2D eigenvalue weighted by atomic mass is 16.3. The second-order valence-electron chi connectivity index (χ2n) is 4.82. The molecule has 0 aliphatic heterocycles. The molecule has 3 nitrogen and oxygen atoms in total. The van der Waals surface area contributed by atoms with Gasteiger partial charge in [-0.05, 0) is 37.0 Å². The molecular weight excluding hydrogens is 238 g/mol. The lowest BCUT2D eigenvalue weighted by atomic mass is 10.0. The third-order valence-corrected chi connectivity index (χ3v) is 1.89. The van der Waals surface area contributed by atoms with Crippen molar-refractivity contribution in [2.24, 2.45) is 11.7 Å². The van der Waals surface area contributed by atoms with Gasteiger partial charge >= 0.3 is 0 Å². The first kappa shape index (κ1) is 20.0. The molecule has 1 rings (SSSR count). The van der Waals surface area contributed by atoms with Crippen LogP contribution < -0.4 is 5.73 Å². The Morgan fingerprint density at radius 1 is 1.26 bits per heavy atom. The maximum absolute atomic E-state index is 10.8.